The number of hydrogen-bond acceptors (Lipinski definition) is 5. The van der Waals surface area contributed by atoms with E-state index in [1.807, 2.05) is 30.3 Å². The number of benzene rings is 2. The van der Waals surface area contributed by atoms with Crippen LogP contribution in [0.4, 0.5) is 0 Å². The predicted molar refractivity (Wildman–Crippen MR) is 114 cm³/mol. The van der Waals surface area contributed by atoms with Gasteiger partial charge in [0.05, 0.1) is 24.1 Å². The lowest BCUT2D eigenvalue weighted by Gasteiger charge is -2.15. The fourth-order valence-electron chi connectivity index (χ4n) is 3.57. The van der Waals surface area contributed by atoms with Crippen molar-refractivity contribution in [3.63, 3.8) is 0 Å². The molecule has 1 heterocycles. The molecule has 1 aliphatic carbocycles. The monoisotopic (exact) mass is 439 g/mol. The largest absolute Gasteiger partial charge is 0.543 e. The molecular weight excluding hydrogens is 423 g/mol. The molecule has 0 aliphatic heterocycles. The highest BCUT2D eigenvalue weighted by atomic mass is 35.5. The molecule has 0 bridgehead atoms. The summed E-state index contributed by atoms with van der Waals surface area (Å²) in [7, 11) is 0. The normalized spacial score (nSPS) is 13.5. The number of allylic oxidation sites excluding steroid dienone is 2. The average Bonchev–Trinajstić information content (AvgIpc) is 3.23. The molecule has 1 aliphatic rings. The summed E-state index contributed by atoms with van der Waals surface area (Å²) in [4.78, 5) is 19.4. The number of ether oxygens (including phenoxy) is 1. The van der Waals surface area contributed by atoms with Crippen molar-refractivity contribution in [3.8, 4) is 5.75 Å². The number of nitrogens with zero attached hydrogens (tertiary/aromatic N) is 2. The predicted octanol–water partition coefficient (Wildman–Crippen LogP) is 4.82. The van der Waals surface area contributed by atoms with Gasteiger partial charge < -0.3 is 14.6 Å². The highest BCUT2D eigenvalue weighted by Crippen LogP contribution is 2.42. The van der Waals surface area contributed by atoms with Crippen molar-refractivity contribution in [2.24, 2.45) is 0 Å². The maximum atomic E-state index is 11.2. The van der Waals surface area contributed by atoms with E-state index in [4.69, 9.17) is 27.9 Å². The number of rotatable bonds is 6. The van der Waals surface area contributed by atoms with Crippen molar-refractivity contribution >= 4 is 40.3 Å². The number of halogens is 2. The van der Waals surface area contributed by atoms with Crippen molar-refractivity contribution in [3.05, 3.63) is 87.4 Å². The topological polar surface area (TPSA) is 75.1 Å². The Morgan fingerprint density at radius 3 is 2.67 bits per heavy atom. The maximum absolute atomic E-state index is 11.2. The minimum atomic E-state index is -1.34. The molecule has 30 heavy (non-hydrogen) atoms. The summed E-state index contributed by atoms with van der Waals surface area (Å²) in [5, 5.41) is 12.3. The zero-order valence-corrected chi connectivity index (χ0v) is 17.4. The molecule has 152 valence electrons. The molecule has 0 saturated carbocycles. The Morgan fingerprint density at radius 2 is 1.87 bits per heavy atom. The minimum Gasteiger partial charge on any atom is -0.543 e. The van der Waals surface area contributed by atoms with E-state index in [0.717, 1.165) is 47.3 Å². The lowest BCUT2D eigenvalue weighted by Crippen LogP contribution is -2.24. The molecular formula is C23H17Cl2N2O3-. The first-order valence-electron chi connectivity index (χ1n) is 9.45. The SMILES string of the molecule is O=C([O-])c1cncc(C2=C(c3ccccc3OCc3ccc(Cl)cc3Cl)CCC2)n1. The number of carbonyl (C=O) groups is 1. The van der Waals surface area contributed by atoms with Crippen LogP contribution < -0.4 is 9.84 Å². The Bertz CT molecular complexity index is 1140. The van der Waals surface area contributed by atoms with Gasteiger partial charge in [0.25, 0.3) is 0 Å². The number of hydrogen-bond donors (Lipinski definition) is 0. The van der Waals surface area contributed by atoms with Crippen LogP contribution in [0, 0.1) is 0 Å². The summed E-state index contributed by atoms with van der Waals surface area (Å²) in [6.45, 7) is 0.301. The Balaban J connectivity index is 1.67. The number of para-hydroxylation sites is 1. The molecule has 0 fully saturated rings. The van der Waals surface area contributed by atoms with Gasteiger partial charge in [0.15, 0.2) is 0 Å². The Morgan fingerprint density at radius 1 is 1.07 bits per heavy atom. The Hall–Kier alpha value is -2.89. The molecule has 0 radical (unpaired) electrons. The molecule has 0 unspecified atom stereocenters. The Kier molecular flexibility index (Phi) is 6.02. The van der Waals surface area contributed by atoms with E-state index in [2.05, 4.69) is 9.97 Å². The summed E-state index contributed by atoms with van der Waals surface area (Å²) >= 11 is 12.2. The van der Waals surface area contributed by atoms with E-state index in [1.165, 1.54) is 6.20 Å². The fraction of sp³-hybridized carbons (Fsp3) is 0.174. The first kappa shape index (κ1) is 20.4. The van der Waals surface area contributed by atoms with E-state index in [-0.39, 0.29) is 5.69 Å². The number of carbonyl (C=O) groups excluding carboxylic acids is 1. The molecule has 0 saturated heterocycles. The van der Waals surface area contributed by atoms with Crippen LogP contribution in [0.3, 0.4) is 0 Å². The van der Waals surface area contributed by atoms with Crippen molar-refractivity contribution in [1.82, 2.24) is 9.97 Å². The van der Waals surface area contributed by atoms with E-state index in [9.17, 15) is 9.90 Å². The van der Waals surface area contributed by atoms with Crippen molar-refractivity contribution < 1.29 is 14.6 Å². The zero-order valence-electron chi connectivity index (χ0n) is 15.9. The van der Waals surface area contributed by atoms with Crippen LogP contribution in [0.25, 0.3) is 11.1 Å². The molecule has 0 N–H and O–H groups in total. The molecule has 1 aromatic heterocycles. The van der Waals surface area contributed by atoms with Gasteiger partial charge in [-0.1, -0.05) is 47.5 Å². The van der Waals surface area contributed by atoms with Crippen molar-refractivity contribution in [2.45, 2.75) is 25.9 Å². The summed E-state index contributed by atoms with van der Waals surface area (Å²) in [5.41, 5.74) is 4.23. The van der Waals surface area contributed by atoms with Gasteiger partial charge in [-0.2, -0.15) is 0 Å². The Labute approximate surface area is 184 Å². The van der Waals surface area contributed by atoms with Crippen LogP contribution in [0.2, 0.25) is 10.0 Å². The first-order valence-corrected chi connectivity index (χ1v) is 10.2. The third kappa shape index (κ3) is 4.32. The molecule has 5 nitrogen and oxygen atoms in total. The van der Waals surface area contributed by atoms with Crippen LogP contribution in [-0.4, -0.2) is 15.9 Å². The van der Waals surface area contributed by atoms with Gasteiger partial charge in [0.1, 0.15) is 18.1 Å². The number of aromatic nitrogens is 2. The third-order valence-corrected chi connectivity index (χ3v) is 5.57. The molecule has 3 aromatic rings. The highest BCUT2D eigenvalue weighted by Gasteiger charge is 2.22. The molecule has 7 heteroatoms. The lowest BCUT2D eigenvalue weighted by molar-refractivity contribution is -0.255. The minimum absolute atomic E-state index is 0.173. The van der Waals surface area contributed by atoms with Crippen LogP contribution in [-0.2, 0) is 6.61 Å². The standard InChI is InChI=1S/C23H18Cl2N2O3/c24-15-9-8-14(19(25)10-15)13-30-22-7-2-1-4-18(22)16-5-3-6-17(16)20-11-26-12-21(27-20)23(28)29/h1-2,4,7-12H,3,5-6,13H2,(H,28,29)/p-1. The smallest absolute Gasteiger partial charge is 0.127 e. The van der Waals surface area contributed by atoms with Gasteiger partial charge in [-0.3, -0.25) is 4.98 Å². The van der Waals surface area contributed by atoms with Crippen LogP contribution in [0.1, 0.15) is 46.6 Å². The quantitative estimate of drug-likeness (QED) is 0.550. The van der Waals surface area contributed by atoms with Crippen molar-refractivity contribution in [1.29, 1.82) is 0 Å². The number of carboxylic acids is 1. The summed E-state index contributed by atoms with van der Waals surface area (Å²) in [6.07, 6.45) is 5.36. The summed E-state index contributed by atoms with van der Waals surface area (Å²) < 4.78 is 6.10. The number of aromatic carboxylic acids is 1. The van der Waals surface area contributed by atoms with E-state index in [0.29, 0.717) is 22.3 Å². The van der Waals surface area contributed by atoms with E-state index >= 15 is 0 Å². The van der Waals surface area contributed by atoms with Gasteiger partial charge in [-0.25, -0.2) is 4.98 Å². The van der Waals surface area contributed by atoms with Gasteiger partial charge in [0.2, 0.25) is 0 Å². The van der Waals surface area contributed by atoms with Crippen LogP contribution in [0.15, 0.2) is 54.9 Å². The average molecular weight is 440 g/mol. The molecule has 2 aromatic carbocycles. The van der Waals surface area contributed by atoms with Crippen molar-refractivity contribution in [2.75, 3.05) is 0 Å². The van der Waals surface area contributed by atoms with E-state index in [1.54, 1.807) is 18.3 Å². The van der Waals surface area contributed by atoms with E-state index < -0.39 is 5.97 Å². The van der Waals surface area contributed by atoms with Gasteiger partial charge in [0, 0.05) is 21.2 Å². The zero-order chi connectivity index (χ0) is 21.1. The fourth-order valence-corrected chi connectivity index (χ4v) is 4.03. The number of carboxylic acid groups (broad SMARTS) is 1. The second kappa shape index (κ2) is 8.86. The first-order chi connectivity index (χ1) is 14.5. The molecule has 4 rings (SSSR count). The summed E-state index contributed by atoms with van der Waals surface area (Å²) in [5.74, 6) is -0.616. The van der Waals surface area contributed by atoms with Gasteiger partial charge >= 0.3 is 0 Å². The van der Waals surface area contributed by atoms with Crippen LogP contribution >= 0.6 is 23.2 Å². The highest BCUT2D eigenvalue weighted by molar-refractivity contribution is 6.35. The second-order valence-corrected chi connectivity index (χ2v) is 7.75. The molecule has 0 spiro atoms. The van der Waals surface area contributed by atoms with Gasteiger partial charge in [-0.05, 0) is 48.6 Å². The lowest BCUT2D eigenvalue weighted by atomic mass is 9.99. The summed E-state index contributed by atoms with van der Waals surface area (Å²) in [6, 6.07) is 13.1. The van der Waals surface area contributed by atoms with Crippen LogP contribution in [0.5, 0.6) is 5.75 Å². The second-order valence-electron chi connectivity index (χ2n) is 6.91. The van der Waals surface area contributed by atoms with Gasteiger partial charge in [-0.15, -0.1) is 0 Å². The molecule has 0 atom stereocenters. The third-order valence-electron chi connectivity index (χ3n) is 4.98. The molecule has 0 amide bonds. The maximum Gasteiger partial charge on any atom is 0.127 e.